The van der Waals surface area contributed by atoms with Gasteiger partial charge in [-0.15, -0.1) is 11.8 Å². The lowest BCUT2D eigenvalue weighted by Gasteiger charge is -2.28. The van der Waals surface area contributed by atoms with Crippen LogP contribution in [0, 0.1) is 11.8 Å². The van der Waals surface area contributed by atoms with Crippen LogP contribution < -0.4 is 0 Å². The SMILES string of the molecule is CC#CCCC(O)C1(C)CCCO1. The normalized spacial score (nSPS) is 29.5. The van der Waals surface area contributed by atoms with Gasteiger partial charge in [-0.1, -0.05) is 0 Å². The van der Waals surface area contributed by atoms with Gasteiger partial charge in [0.25, 0.3) is 0 Å². The van der Waals surface area contributed by atoms with Gasteiger partial charge in [-0.3, -0.25) is 0 Å². The summed E-state index contributed by atoms with van der Waals surface area (Å²) in [5.74, 6) is 5.78. The number of rotatable bonds is 3. The summed E-state index contributed by atoms with van der Waals surface area (Å²) in [6.45, 7) is 4.59. The van der Waals surface area contributed by atoms with Crippen LogP contribution in [0.3, 0.4) is 0 Å². The summed E-state index contributed by atoms with van der Waals surface area (Å²) in [6.07, 6.45) is 3.14. The van der Waals surface area contributed by atoms with Gasteiger partial charge in [0.1, 0.15) is 0 Å². The zero-order valence-corrected chi connectivity index (χ0v) is 8.47. The Balaban J connectivity index is 2.35. The molecule has 1 aliphatic rings. The molecule has 1 rings (SSSR count). The molecule has 74 valence electrons. The molecule has 1 fully saturated rings. The first kappa shape index (κ1) is 10.6. The van der Waals surface area contributed by atoms with E-state index in [9.17, 15) is 5.11 Å². The van der Waals surface area contributed by atoms with E-state index in [-0.39, 0.29) is 11.7 Å². The summed E-state index contributed by atoms with van der Waals surface area (Å²) in [5, 5.41) is 9.84. The largest absolute Gasteiger partial charge is 0.390 e. The first-order valence-corrected chi connectivity index (χ1v) is 4.91. The minimum Gasteiger partial charge on any atom is -0.390 e. The van der Waals surface area contributed by atoms with Crippen LogP contribution in [0.2, 0.25) is 0 Å². The minimum atomic E-state index is -0.365. The van der Waals surface area contributed by atoms with E-state index in [0.717, 1.165) is 32.3 Å². The molecule has 1 saturated heterocycles. The molecule has 2 heteroatoms. The van der Waals surface area contributed by atoms with Gasteiger partial charge in [0.05, 0.1) is 11.7 Å². The molecule has 2 nitrogen and oxygen atoms in total. The quantitative estimate of drug-likeness (QED) is 0.673. The van der Waals surface area contributed by atoms with E-state index in [0.29, 0.717) is 0 Å². The van der Waals surface area contributed by atoms with Gasteiger partial charge < -0.3 is 9.84 Å². The van der Waals surface area contributed by atoms with Crippen molar-refractivity contribution in [2.75, 3.05) is 6.61 Å². The topological polar surface area (TPSA) is 29.5 Å². The second-order valence-corrected chi connectivity index (χ2v) is 3.75. The van der Waals surface area contributed by atoms with E-state index < -0.39 is 0 Å². The lowest BCUT2D eigenvalue weighted by atomic mass is 9.92. The van der Waals surface area contributed by atoms with Gasteiger partial charge in [0.15, 0.2) is 0 Å². The third kappa shape index (κ3) is 2.72. The van der Waals surface area contributed by atoms with E-state index in [1.165, 1.54) is 0 Å². The second-order valence-electron chi connectivity index (χ2n) is 3.75. The summed E-state index contributed by atoms with van der Waals surface area (Å²) in [6, 6.07) is 0. The molecule has 13 heavy (non-hydrogen) atoms. The lowest BCUT2D eigenvalue weighted by Crippen LogP contribution is -2.38. The van der Waals surface area contributed by atoms with Gasteiger partial charge in [0, 0.05) is 13.0 Å². The van der Waals surface area contributed by atoms with E-state index in [1.807, 2.05) is 13.8 Å². The van der Waals surface area contributed by atoms with Crippen LogP contribution in [0.5, 0.6) is 0 Å². The Bertz CT molecular complexity index is 206. The maximum absolute atomic E-state index is 9.84. The zero-order valence-electron chi connectivity index (χ0n) is 8.47. The molecule has 0 aliphatic carbocycles. The van der Waals surface area contributed by atoms with Crippen LogP contribution in [-0.4, -0.2) is 23.4 Å². The summed E-state index contributed by atoms with van der Waals surface area (Å²) in [7, 11) is 0. The highest BCUT2D eigenvalue weighted by molar-refractivity contribution is 4.97. The van der Waals surface area contributed by atoms with E-state index >= 15 is 0 Å². The molecule has 1 aliphatic heterocycles. The predicted octanol–water partition coefficient (Wildman–Crippen LogP) is 1.72. The van der Waals surface area contributed by atoms with Gasteiger partial charge >= 0.3 is 0 Å². The van der Waals surface area contributed by atoms with Gasteiger partial charge in [-0.05, 0) is 33.1 Å². The highest BCUT2D eigenvalue weighted by atomic mass is 16.5. The number of hydrogen-bond acceptors (Lipinski definition) is 2. The monoisotopic (exact) mass is 182 g/mol. The van der Waals surface area contributed by atoms with Crippen molar-refractivity contribution in [1.29, 1.82) is 0 Å². The zero-order chi connectivity index (χ0) is 9.73. The van der Waals surface area contributed by atoms with Crippen molar-refractivity contribution < 1.29 is 9.84 Å². The fourth-order valence-electron chi connectivity index (χ4n) is 1.70. The van der Waals surface area contributed by atoms with Crippen molar-refractivity contribution in [1.82, 2.24) is 0 Å². The van der Waals surface area contributed by atoms with Gasteiger partial charge in [0.2, 0.25) is 0 Å². The summed E-state index contributed by atoms with van der Waals surface area (Å²) in [4.78, 5) is 0. The molecule has 0 spiro atoms. The van der Waals surface area contributed by atoms with Crippen LogP contribution in [0.4, 0.5) is 0 Å². The van der Waals surface area contributed by atoms with E-state index in [2.05, 4.69) is 11.8 Å². The first-order valence-electron chi connectivity index (χ1n) is 4.91. The summed E-state index contributed by atoms with van der Waals surface area (Å²) in [5.41, 5.74) is -0.310. The number of aliphatic hydroxyl groups excluding tert-OH is 1. The Kier molecular flexibility index (Phi) is 3.77. The Hall–Kier alpha value is -0.520. The molecule has 0 aromatic rings. The molecule has 0 amide bonds. The molecular weight excluding hydrogens is 164 g/mol. The van der Waals surface area contributed by atoms with Crippen LogP contribution >= 0.6 is 0 Å². The molecule has 0 bridgehead atoms. The summed E-state index contributed by atoms with van der Waals surface area (Å²) >= 11 is 0. The van der Waals surface area contributed by atoms with Crippen molar-refractivity contribution in [3.05, 3.63) is 0 Å². The molecule has 0 radical (unpaired) electrons. The molecule has 2 atom stereocenters. The van der Waals surface area contributed by atoms with Crippen molar-refractivity contribution in [3.63, 3.8) is 0 Å². The van der Waals surface area contributed by atoms with Crippen LogP contribution in [0.15, 0.2) is 0 Å². The fourth-order valence-corrected chi connectivity index (χ4v) is 1.70. The van der Waals surface area contributed by atoms with E-state index in [1.54, 1.807) is 0 Å². The maximum Gasteiger partial charge on any atom is 0.0913 e. The molecule has 0 aromatic heterocycles. The third-order valence-corrected chi connectivity index (χ3v) is 2.67. The number of aliphatic hydroxyl groups is 1. The average Bonchev–Trinajstić information content (AvgIpc) is 2.54. The van der Waals surface area contributed by atoms with Crippen LogP contribution in [-0.2, 0) is 4.74 Å². The number of ether oxygens (including phenoxy) is 1. The molecule has 0 saturated carbocycles. The van der Waals surface area contributed by atoms with E-state index in [4.69, 9.17) is 4.74 Å². The van der Waals surface area contributed by atoms with Crippen molar-refractivity contribution >= 4 is 0 Å². The Morgan fingerprint density at radius 1 is 1.62 bits per heavy atom. The predicted molar refractivity (Wildman–Crippen MR) is 52.3 cm³/mol. The number of hydrogen-bond donors (Lipinski definition) is 1. The average molecular weight is 182 g/mol. The Morgan fingerprint density at radius 3 is 2.92 bits per heavy atom. The van der Waals surface area contributed by atoms with Gasteiger partial charge in [-0.2, -0.15) is 0 Å². The van der Waals surface area contributed by atoms with Crippen molar-refractivity contribution in [3.8, 4) is 11.8 Å². The van der Waals surface area contributed by atoms with Gasteiger partial charge in [-0.25, -0.2) is 0 Å². The molecule has 2 unspecified atom stereocenters. The van der Waals surface area contributed by atoms with Crippen LogP contribution in [0.1, 0.15) is 39.5 Å². The molecule has 0 aromatic carbocycles. The van der Waals surface area contributed by atoms with Crippen molar-refractivity contribution in [2.45, 2.75) is 51.2 Å². The maximum atomic E-state index is 9.84. The minimum absolute atomic E-state index is 0.310. The standard InChI is InChI=1S/C11H18O2/c1-3-4-5-7-10(12)11(2)8-6-9-13-11/h10,12H,5-9H2,1-2H3. The molecular formula is C11H18O2. The highest BCUT2D eigenvalue weighted by Gasteiger charge is 2.36. The molecule has 1 heterocycles. The Morgan fingerprint density at radius 2 is 2.38 bits per heavy atom. The lowest BCUT2D eigenvalue weighted by molar-refractivity contribution is -0.0796. The first-order chi connectivity index (χ1) is 6.19. The van der Waals surface area contributed by atoms with Crippen LogP contribution in [0.25, 0.3) is 0 Å². The molecule has 1 N–H and O–H groups in total. The third-order valence-electron chi connectivity index (χ3n) is 2.67. The summed E-state index contributed by atoms with van der Waals surface area (Å²) < 4.78 is 5.53. The van der Waals surface area contributed by atoms with Crippen molar-refractivity contribution in [2.24, 2.45) is 0 Å². The second kappa shape index (κ2) is 4.64. The fraction of sp³-hybridized carbons (Fsp3) is 0.818. The highest BCUT2D eigenvalue weighted by Crippen LogP contribution is 2.30. The smallest absolute Gasteiger partial charge is 0.0913 e. The Labute approximate surface area is 80.3 Å².